The number of carbonyl (C=O) groups is 1. The number of aromatic nitrogens is 1. The molecule has 1 atom stereocenters. The molecule has 5 nitrogen and oxygen atoms in total. The molecule has 0 aliphatic carbocycles. The second-order valence-electron chi connectivity index (χ2n) is 6.59. The van der Waals surface area contributed by atoms with Crippen molar-refractivity contribution in [2.45, 2.75) is 38.2 Å². The predicted octanol–water partition coefficient (Wildman–Crippen LogP) is 2.87. The van der Waals surface area contributed by atoms with E-state index in [4.69, 9.17) is 9.47 Å². The number of hydrogen-bond acceptors (Lipinski definition) is 4. The lowest BCUT2D eigenvalue weighted by Crippen LogP contribution is -2.50. The molecule has 0 bridgehead atoms. The fraction of sp³-hybridized carbons (Fsp3) is 0.500. The average molecular weight is 342 g/mol. The van der Waals surface area contributed by atoms with E-state index in [0.29, 0.717) is 32.6 Å². The van der Waals surface area contributed by atoms with Gasteiger partial charge in [-0.3, -0.25) is 9.78 Å². The number of nitrogens with zero attached hydrogens (tertiary/aromatic N) is 1. The Kier molecular flexibility index (Phi) is 6.00. The number of carbonyl (C=O) groups excluding carboxylic acids is 1. The van der Waals surface area contributed by atoms with E-state index in [1.165, 1.54) is 0 Å². The van der Waals surface area contributed by atoms with Crippen LogP contribution in [0.3, 0.4) is 0 Å². The molecule has 5 heteroatoms. The van der Waals surface area contributed by atoms with Crippen LogP contribution in [0.2, 0.25) is 0 Å². The smallest absolute Gasteiger partial charge is 0.220 e. The van der Waals surface area contributed by atoms with Crippen LogP contribution in [0, 0.1) is 0 Å². The summed E-state index contributed by atoms with van der Waals surface area (Å²) in [6.45, 7) is 4.44. The third-order valence-electron chi connectivity index (χ3n) is 4.63. The molecule has 1 aliphatic rings. The fourth-order valence-corrected chi connectivity index (χ4v) is 3.30. The molecular weight excluding hydrogens is 316 g/mol. The van der Waals surface area contributed by atoms with Crippen molar-refractivity contribution in [1.82, 2.24) is 10.3 Å². The fourth-order valence-electron chi connectivity index (χ4n) is 3.30. The van der Waals surface area contributed by atoms with Crippen LogP contribution in [-0.4, -0.2) is 42.9 Å². The molecule has 1 amide bonds. The Morgan fingerprint density at radius 2 is 2.28 bits per heavy atom. The van der Waals surface area contributed by atoms with E-state index in [2.05, 4.69) is 16.4 Å². The van der Waals surface area contributed by atoms with Gasteiger partial charge in [0.2, 0.25) is 5.91 Å². The number of fused-ring (bicyclic) bond motifs is 1. The van der Waals surface area contributed by atoms with Crippen LogP contribution < -0.4 is 5.32 Å². The predicted molar refractivity (Wildman–Crippen MR) is 97.5 cm³/mol. The van der Waals surface area contributed by atoms with Crippen molar-refractivity contribution in [3.63, 3.8) is 0 Å². The molecule has 1 unspecified atom stereocenters. The molecule has 3 rings (SSSR count). The second-order valence-corrected chi connectivity index (χ2v) is 6.59. The number of pyridine rings is 1. The monoisotopic (exact) mass is 342 g/mol. The summed E-state index contributed by atoms with van der Waals surface area (Å²) in [6.07, 6.45) is 4.88. The van der Waals surface area contributed by atoms with Crippen LogP contribution in [0.15, 0.2) is 36.5 Å². The first kappa shape index (κ1) is 17.8. The van der Waals surface area contributed by atoms with E-state index >= 15 is 0 Å². The van der Waals surface area contributed by atoms with Crippen molar-refractivity contribution < 1.29 is 14.3 Å². The number of benzene rings is 1. The summed E-state index contributed by atoms with van der Waals surface area (Å²) in [6, 6.07) is 10.1. The van der Waals surface area contributed by atoms with Gasteiger partial charge in [0, 0.05) is 37.8 Å². The topological polar surface area (TPSA) is 60.5 Å². The maximum Gasteiger partial charge on any atom is 0.220 e. The van der Waals surface area contributed by atoms with E-state index < -0.39 is 0 Å². The van der Waals surface area contributed by atoms with Crippen LogP contribution in [0.25, 0.3) is 10.9 Å². The third-order valence-corrected chi connectivity index (χ3v) is 4.63. The molecule has 0 spiro atoms. The van der Waals surface area contributed by atoms with E-state index in [9.17, 15) is 4.79 Å². The number of amides is 1. The Balaban J connectivity index is 1.51. The Bertz CT molecular complexity index is 705. The van der Waals surface area contributed by atoms with Gasteiger partial charge in [-0.15, -0.1) is 0 Å². The molecule has 1 fully saturated rings. The highest BCUT2D eigenvalue weighted by Crippen LogP contribution is 2.23. The van der Waals surface area contributed by atoms with Crippen molar-refractivity contribution in [3.05, 3.63) is 42.1 Å². The highest BCUT2D eigenvalue weighted by Gasteiger charge is 2.33. The zero-order valence-corrected chi connectivity index (χ0v) is 14.8. The van der Waals surface area contributed by atoms with Crippen molar-refractivity contribution in [2.24, 2.45) is 0 Å². The molecule has 1 aliphatic heterocycles. The summed E-state index contributed by atoms with van der Waals surface area (Å²) < 4.78 is 11.4. The first-order valence-electron chi connectivity index (χ1n) is 9.03. The standard InChI is InChI=1S/C20H26N2O3/c1-2-25-20(10-5-11-24-15-20)14-22-19(23)9-8-16-12-17-6-3-4-7-18(17)21-13-16/h3-4,6-7,12-13H,2,5,8-11,14-15H2,1H3,(H,22,23). The molecule has 134 valence electrons. The average Bonchev–Trinajstić information content (AvgIpc) is 2.65. The third kappa shape index (κ3) is 4.77. The molecule has 1 saturated heterocycles. The van der Waals surface area contributed by atoms with Crippen LogP contribution in [-0.2, 0) is 20.7 Å². The first-order valence-corrected chi connectivity index (χ1v) is 9.03. The number of ether oxygens (including phenoxy) is 2. The van der Waals surface area contributed by atoms with Gasteiger partial charge in [-0.2, -0.15) is 0 Å². The summed E-state index contributed by atoms with van der Waals surface area (Å²) in [4.78, 5) is 16.7. The SMILES string of the molecule is CCOC1(CNC(=O)CCc2cnc3ccccc3c2)CCCOC1. The molecule has 1 N–H and O–H groups in total. The zero-order valence-electron chi connectivity index (χ0n) is 14.8. The Hall–Kier alpha value is -1.98. The molecule has 0 radical (unpaired) electrons. The lowest BCUT2D eigenvalue weighted by atomic mass is 9.96. The molecule has 2 heterocycles. The summed E-state index contributed by atoms with van der Waals surface area (Å²) in [5.74, 6) is 0.0396. The van der Waals surface area contributed by atoms with E-state index in [-0.39, 0.29) is 11.5 Å². The minimum absolute atomic E-state index is 0.0396. The number of hydrogen-bond donors (Lipinski definition) is 1. The minimum Gasteiger partial charge on any atom is -0.378 e. The quantitative estimate of drug-likeness (QED) is 0.840. The maximum atomic E-state index is 12.2. The van der Waals surface area contributed by atoms with Gasteiger partial charge < -0.3 is 14.8 Å². The number of aryl methyl sites for hydroxylation is 1. The molecular formula is C20H26N2O3. The Labute approximate surface area is 148 Å². The Morgan fingerprint density at radius 3 is 3.08 bits per heavy atom. The van der Waals surface area contributed by atoms with E-state index in [1.54, 1.807) is 0 Å². The normalized spacial score (nSPS) is 20.5. The minimum atomic E-state index is -0.368. The molecule has 1 aromatic heterocycles. The van der Waals surface area contributed by atoms with Crippen LogP contribution in [0.1, 0.15) is 31.7 Å². The largest absolute Gasteiger partial charge is 0.378 e. The van der Waals surface area contributed by atoms with Gasteiger partial charge in [0.25, 0.3) is 0 Å². The number of rotatable bonds is 7. The lowest BCUT2D eigenvalue weighted by Gasteiger charge is -2.36. The van der Waals surface area contributed by atoms with Gasteiger partial charge in [0.05, 0.1) is 12.1 Å². The summed E-state index contributed by atoms with van der Waals surface area (Å²) in [5, 5.41) is 4.13. The van der Waals surface area contributed by atoms with E-state index in [0.717, 1.165) is 35.9 Å². The molecule has 1 aromatic carbocycles. The van der Waals surface area contributed by atoms with Gasteiger partial charge in [-0.05, 0) is 43.9 Å². The van der Waals surface area contributed by atoms with E-state index in [1.807, 2.05) is 37.4 Å². The highest BCUT2D eigenvalue weighted by molar-refractivity contribution is 5.79. The first-order chi connectivity index (χ1) is 12.2. The van der Waals surface area contributed by atoms with Gasteiger partial charge in [-0.25, -0.2) is 0 Å². The van der Waals surface area contributed by atoms with Gasteiger partial charge in [0.15, 0.2) is 0 Å². The zero-order chi connectivity index (χ0) is 17.5. The van der Waals surface area contributed by atoms with Crippen molar-refractivity contribution in [1.29, 1.82) is 0 Å². The molecule has 0 saturated carbocycles. The van der Waals surface area contributed by atoms with Crippen LogP contribution in [0.5, 0.6) is 0 Å². The van der Waals surface area contributed by atoms with Crippen molar-refractivity contribution in [3.8, 4) is 0 Å². The number of nitrogens with one attached hydrogen (secondary N) is 1. The summed E-state index contributed by atoms with van der Waals surface area (Å²) in [7, 11) is 0. The second kappa shape index (κ2) is 8.41. The van der Waals surface area contributed by atoms with Gasteiger partial charge in [0.1, 0.15) is 5.60 Å². The van der Waals surface area contributed by atoms with Crippen LogP contribution in [0.4, 0.5) is 0 Å². The molecule has 2 aromatic rings. The summed E-state index contributed by atoms with van der Waals surface area (Å²) in [5.41, 5.74) is 1.69. The Morgan fingerprint density at radius 1 is 1.40 bits per heavy atom. The van der Waals surface area contributed by atoms with Crippen molar-refractivity contribution >= 4 is 16.8 Å². The molecule has 25 heavy (non-hydrogen) atoms. The summed E-state index contributed by atoms with van der Waals surface area (Å²) >= 11 is 0. The lowest BCUT2D eigenvalue weighted by molar-refractivity contribution is -0.134. The van der Waals surface area contributed by atoms with Gasteiger partial charge in [-0.1, -0.05) is 18.2 Å². The number of para-hydroxylation sites is 1. The van der Waals surface area contributed by atoms with Crippen molar-refractivity contribution in [2.75, 3.05) is 26.4 Å². The van der Waals surface area contributed by atoms with Crippen LogP contribution >= 0.6 is 0 Å². The maximum absolute atomic E-state index is 12.2. The van der Waals surface area contributed by atoms with Gasteiger partial charge >= 0.3 is 0 Å². The highest BCUT2D eigenvalue weighted by atomic mass is 16.5.